The van der Waals surface area contributed by atoms with Crippen molar-refractivity contribution in [1.82, 2.24) is 14.9 Å². The van der Waals surface area contributed by atoms with Crippen LogP contribution >= 0.6 is 27.7 Å². The summed E-state index contributed by atoms with van der Waals surface area (Å²) in [5, 5.41) is 11.6. The highest BCUT2D eigenvalue weighted by Gasteiger charge is 2.14. The first-order chi connectivity index (χ1) is 12.8. The molecule has 3 N–H and O–H groups in total. The molecule has 0 aliphatic rings. The van der Waals surface area contributed by atoms with Gasteiger partial charge in [0.2, 0.25) is 11.1 Å². The number of hydrogen-bond donors (Lipinski definition) is 2. The summed E-state index contributed by atoms with van der Waals surface area (Å²) in [5.41, 5.74) is 5.06. The molecule has 0 aliphatic carbocycles. The minimum Gasteiger partial charge on any atom is -0.335 e. The van der Waals surface area contributed by atoms with Gasteiger partial charge in [-0.3, -0.25) is 4.79 Å². The van der Waals surface area contributed by atoms with Crippen LogP contribution in [-0.2, 0) is 4.79 Å². The van der Waals surface area contributed by atoms with Crippen LogP contribution in [0.3, 0.4) is 0 Å². The van der Waals surface area contributed by atoms with Gasteiger partial charge >= 0.3 is 0 Å². The van der Waals surface area contributed by atoms with Crippen LogP contribution in [0.25, 0.3) is 11.4 Å². The maximum absolute atomic E-state index is 12.3. The molecule has 1 amide bonds. The van der Waals surface area contributed by atoms with Gasteiger partial charge in [-0.1, -0.05) is 41.6 Å². The zero-order valence-electron chi connectivity index (χ0n) is 15.3. The van der Waals surface area contributed by atoms with Crippen LogP contribution in [0.15, 0.2) is 46.0 Å². The third-order valence-electron chi connectivity index (χ3n) is 4.16. The predicted molar refractivity (Wildman–Crippen MR) is 113 cm³/mol. The van der Waals surface area contributed by atoms with Crippen molar-refractivity contribution in [3.63, 3.8) is 0 Å². The third kappa shape index (κ3) is 4.51. The summed E-state index contributed by atoms with van der Waals surface area (Å²) in [5.74, 6) is 6.72. The second-order valence-electron chi connectivity index (χ2n) is 6.30. The number of nitrogens with one attached hydrogen (secondary N) is 1. The number of amides is 1. The van der Waals surface area contributed by atoms with Gasteiger partial charge in [-0.15, -0.1) is 10.2 Å². The van der Waals surface area contributed by atoms with Crippen molar-refractivity contribution >= 4 is 39.3 Å². The molecule has 27 heavy (non-hydrogen) atoms. The van der Waals surface area contributed by atoms with Crippen molar-refractivity contribution < 1.29 is 4.79 Å². The molecule has 3 aromatic rings. The van der Waals surface area contributed by atoms with Crippen LogP contribution in [-0.4, -0.2) is 26.5 Å². The number of aryl methyl sites for hydroxylation is 3. The van der Waals surface area contributed by atoms with Crippen LogP contribution in [0.2, 0.25) is 0 Å². The SMILES string of the molecule is Cc1ccc(-c2nnc(SCC(=O)Nc3cc(C)c(C)cc3Br)n2N)cc1. The van der Waals surface area contributed by atoms with Gasteiger partial charge in [0.1, 0.15) is 0 Å². The first-order valence-electron chi connectivity index (χ1n) is 8.32. The molecule has 8 heteroatoms. The number of nitrogens with zero attached hydrogens (tertiary/aromatic N) is 3. The van der Waals surface area contributed by atoms with E-state index in [-0.39, 0.29) is 11.7 Å². The van der Waals surface area contributed by atoms with Gasteiger partial charge in [-0.25, -0.2) is 4.68 Å². The number of rotatable bonds is 5. The Balaban J connectivity index is 1.66. The second kappa shape index (κ2) is 8.14. The minimum atomic E-state index is -0.135. The molecule has 0 atom stereocenters. The molecule has 1 aromatic heterocycles. The molecular formula is C19H20BrN5OS. The van der Waals surface area contributed by atoms with Gasteiger partial charge < -0.3 is 11.2 Å². The van der Waals surface area contributed by atoms with E-state index in [2.05, 4.69) is 31.4 Å². The number of aromatic nitrogens is 3. The van der Waals surface area contributed by atoms with Crippen molar-refractivity contribution in [2.75, 3.05) is 16.9 Å². The van der Waals surface area contributed by atoms with E-state index in [4.69, 9.17) is 5.84 Å². The van der Waals surface area contributed by atoms with Crippen LogP contribution in [0.5, 0.6) is 0 Å². The Morgan fingerprint density at radius 1 is 1.15 bits per heavy atom. The average Bonchev–Trinajstić information content (AvgIpc) is 2.99. The highest BCUT2D eigenvalue weighted by atomic mass is 79.9. The highest BCUT2D eigenvalue weighted by Crippen LogP contribution is 2.27. The van der Waals surface area contributed by atoms with E-state index in [1.54, 1.807) is 0 Å². The molecule has 0 spiro atoms. The summed E-state index contributed by atoms with van der Waals surface area (Å²) in [4.78, 5) is 12.3. The number of nitrogen functional groups attached to an aromatic ring is 1. The lowest BCUT2D eigenvalue weighted by Crippen LogP contribution is -2.16. The fraction of sp³-hybridized carbons (Fsp3) is 0.211. The Bertz CT molecular complexity index is 985. The van der Waals surface area contributed by atoms with E-state index in [0.717, 1.165) is 32.4 Å². The summed E-state index contributed by atoms with van der Waals surface area (Å²) in [6.07, 6.45) is 0. The number of thioether (sulfide) groups is 1. The van der Waals surface area contributed by atoms with Gasteiger partial charge in [0.25, 0.3) is 0 Å². The summed E-state index contributed by atoms with van der Waals surface area (Å²) < 4.78 is 2.27. The Labute approximate surface area is 170 Å². The molecule has 0 saturated carbocycles. The van der Waals surface area contributed by atoms with Gasteiger partial charge in [0.15, 0.2) is 5.82 Å². The quantitative estimate of drug-likeness (QED) is 0.456. The first-order valence-corrected chi connectivity index (χ1v) is 10.1. The Morgan fingerprint density at radius 3 is 2.52 bits per heavy atom. The van der Waals surface area contributed by atoms with Crippen molar-refractivity contribution in [2.24, 2.45) is 0 Å². The number of carbonyl (C=O) groups excluding carboxylic acids is 1. The molecule has 0 bridgehead atoms. The largest absolute Gasteiger partial charge is 0.335 e. The monoisotopic (exact) mass is 445 g/mol. The Kier molecular flexibility index (Phi) is 5.86. The van der Waals surface area contributed by atoms with E-state index in [1.807, 2.05) is 57.2 Å². The van der Waals surface area contributed by atoms with Gasteiger partial charge in [-0.05, 0) is 60.0 Å². The first kappa shape index (κ1) is 19.4. The molecule has 0 radical (unpaired) electrons. The summed E-state index contributed by atoms with van der Waals surface area (Å²) >= 11 is 4.73. The molecule has 3 rings (SSSR count). The Morgan fingerprint density at radius 2 is 1.81 bits per heavy atom. The predicted octanol–water partition coefficient (Wildman–Crippen LogP) is 4.08. The molecule has 0 unspecified atom stereocenters. The number of carbonyl (C=O) groups is 1. The van der Waals surface area contributed by atoms with E-state index in [1.165, 1.54) is 16.4 Å². The van der Waals surface area contributed by atoms with Crippen LogP contribution in [0.1, 0.15) is 16.7 Å². The number of anilines is 1. The van der Waals surface area contributed by atoms with E-state index in [0.29, 0.717) is 11.0 Å². The summed E-state index contributed by atoms with van der Waals surface area (Å²) in [6, 6.07) is 11.8. The maximum atomic E-state index is 12.3. The number of halogens is 1. The fourth-order valence-electron chi connectivity index (χ4n) is 2.47. The smallest absolute Gasteiger partial charge is 0.234 e. The van der Waals surface area contributed by atoms with Crippen molar-refractivity contribution in [2.45, 2.75) is 25.9 Å². The fourth-order valence-corrected chi connectivity index (χ4v) is 3.68. The highest BCUT2D eigenvalue weighted by molar-refractivity contribution is 9.10. The molecule has 0 fully saturated rings. The lowest BCUT2D eigenvalue weighted by molar-refractivity contribution is -0.113. The summed E-state index contributed by atoms with van der Waals surface area (Å²) in [6.45, 7) is 6.06. The van der Waals surface area contributed by atoms with Crippen LogP contribution in [0, 0.1) is 20.8 Å². The van der Waals surface area contributed by atoms with E-state index >= 15 is 0 Å². The average molecular weight is 446 g/mol. The number of nitrogens with two attached hydrogens (primary N) is 1. The molecule has 6 nitrogen and oxygen atoms in total. The van der Waals surface area contributed by atoms with Crippen LogP contribution in [0.4, 0.5) is 5.69 Å². The topological polar surface area (TPSA) is 85.8 Å². The van der Waals surface area contributed by atoms with Crippen LogP contribution < -0.4 is 11.2 Å². The van der Waals surface area contributed by atoms with Gasteiger partial charge in [0, 0.05) is 10.0 Å². The second-order valence-corrected chi connectivity index (χ2v) is 8.09. The maximum Gasteiger partial charge on any atom is 0.234 e. The lowest BCUT2D eigenvalue weighted by Gasteiger charge is -2.10. The van der Waals surface area contributed by atoms with Crippen molar-refractivity contribution in [3.8, 4) is 11.4 Å². The number of benzene rings is 2. The zero-order chi connectivity index (χ0) is 19.6. The van der Waals surface area contributed by atoms with Crippen molar-refractivity contribution in [1.29, 1.82) is 0 Å². The lowest BCUT2D eigenvalue weighted by atomic mass is 10.1. The third-order valence-corrected chi connectivity index (χ3v) is 5.76. The van der Waals surface area contributed by atoms with E-state index in [9.17, 15) is 4.79 Å². The molecule has 140 valence electrons. The molecule has 0 saturated heterocycles. The number of hydrogen-bond acceptors (Lipinski definition) is 5. The minimum absolute atomic E-state index is 0.135. The van der Waals surface area contributed by atoms with E-state index < -0.39 is 0 Å². The molecular weight excluding hydrogens is 426 g/mol. The standard InChI is InChI=1S/C19H20BrN5OS/c1-11-4-6-14(7-5-11)18-23-24-19(25(18)21)27-10-17(26)22-16-9-13(3)12(2)8-15(16)20/h4-9H,10,21H2,1-3H3,(H,22,26). The molecule has 1 heterocycles. The Hall–Kier alpha value is -2.32. The van der Waals surface area contributed by atoms with Gasteiger partial charge in [0.05, 0.1) is 11.4 Å². The molecule has 2 aromatic carbocycles. The molecule has 0 aliphatic heterocycles. The normalized spacial score (nSPS) is 10.8. The zero-order valence-corrected chi connectivity index (χ0v) is 17.7. The summed E-state index contributed by atoms with van der Waals surface area (Å²) in [7, 11) is 0. The van der Waals surface area contributed by atoms with Gasteiger partial charge in [-0.2, -0.15) is 0 Å². The van der Waals surface area contributed by atoms with Crippen molar-refractivity contribution in [3.05, 3.63) is 57.6 Å².